The average molecular weight is 540 g/mol. The Labute approximate surface area is 229 Å². The molecule has 0 saturated heterocycles. The van der Waals surface area contributed by atoms with Crippen molar-refractivity contribution in [1.82, 2.24) is 0 Å². The van der Waals surface area contributed by atoms with Crippen molar-refractivity contribution in [3.05, 3.63) is 89.4 Å². The summed E-state index contributed by atoms with van der Waals surface area (Å²) in [5.41, 5.74) is 6.25. The second-order valence-electron chi connectivity index (χ2n) is 9.46. The quantitative estimate of drug-likeness (QED) is 0.283. The zero-order valence-corrected chi connectivity index (χ0v) is 24.6. The Bertz CT molecular complexity index is 877. The first-order chi connectivity index (χ1) is 13.3. The number of aryl methyl sites for hydroxylation is 4. The Kier molecular flexibility index (Phi) is 12.3. The van der Waals surface area contributed by atoms with Gasteiger partial charge in [0.1, 0.15) is 8.07 Å². The van der Waals surface area contributed by atoms with Crippen LogP contribution >= 0.6 is 0 Å². The van der Waals surface area contributed by atoms with Crippen LogP contribution in [0.15, 0.2) is 60.7 Å². The van der Waals surface area contributed by atoms with Crippen molar-refractivity contribution in [2.24, 2.45) is 17.8 Å². The molecule has 0 amide bonds. The van der Waals surface area contributed by atoms with Gasteiger partial charge < -0.3 is 43.6 Å². The van der Waals surface area contributed by atoms with Crippen molar-refractivity contribution >= 4 is 18.4 Å². The fourth-order valence-electron chi connectivity index (χ4n) is 6.03. The molecule has 2 aromatic carbocycles. The van der Waals surface area contributed by atoms with Crippen molar-refractivity contribution < 1.29 is 58.9 Å². The summed E-state index contributed by atoms with van der Waals surface area (Å²) < 4.78 is 0. The van der Waals surface area contributed by atoms with E-state index < -0.39 is 8.07 Å². The number of halogens is 3. The van der Waals surface area contributed by atoms with Gasteiger partial charge in [-0.3, -0.25) is 0 Å². The first kappa shape index (κ1) is 31.7. The summed E-state index contributed by atoms with van der Waals surface area (Å²) in [6.07, 6.45) is 12.0. The maximum Gasteiger partial charge on any atom is 4.00 e. The molecule has 0 bridgehead atoms. The Morgan fingerprint density at radius 3 is 1.53 bits per heavy atom. The van der Waals surface area contributed by atoms with Crippen molar-refractivity contribution in [1.29, 1.82) is 0 Å². The monoisotopic (exact) mass is 538 g/mol. The number of allylic oxidation sites excluding steroid dienone is 4. The SMILES string of the molecule is Cc1cc(C)cc([Si](C)(c2cc(C)cc(C)c2)C2C(C)[CH-]C3C=CC=CC32)c1.[Cl-].[Cl-].[Cl-].[Ti+4]. The van der Waals surface area contributed by atoms with Gasteiger partial charge >= 0.3 is 21.7 Å². The van der Waals surface area contributed by atoms with Crippen LogP contribution in [0.3, 0.4) is 0 Å². The molecule has 2 aliphatic rings. The molecular weight excluding hydrogens is 507 g/mol. The maximum absolute atomic E-state index is 2.64. The van der Waals surface area contributed by atoms with E-state index in [2.05, 4.69) is 108 Å². The number of hydrogen-bond acceptors (Lipinski definition) is 0. The van der Waals surface area contributed by atoms with Crippen molar-refractivity contribution in [3.8, 4) is 0 Å². The smallest absolute Gasteiger partial charge is 1.00 e. The Hall–Kier alpha value is -0.279. The molecule has 4 unspecified atom stereocenters. The summed E-state index contributed by atoms with van der Waals surface area (Å²) in [5.74, 6) is 1.84. The number of benzene rings is 2. The molecule has 0 spiro atoms. The van der Waals surface area contributed by atoms with E-state index >= 15 is 0 Å². The molecule has 0 N–H and O–H groups in total. The third-order valence-corrected chi connectivity index (χ3v) is 12.3. The third-order valence-electron chi connectivity index (χ3n) is 7.04. The summed E-state index contributed by atoms with van der Waals surface area (Å²) in [6, 6.07) is 14.6. The normalized spacial score (nSPS) is 23.2. The predicted octanol–water partition coefficient (Wildman–Crippen LogP) is -3.29. The molecule has 1 fully saturated rings. The minimum Gasteiger partial charge on any atom is -1.00 e. The van der Waals surface area contributed by atoms with Gasteiger partial charge in [-0.05, 0) is 33.6 Å². The van der Waals surface area contributed by atoms with Gasteiger partial charge in [-0.25, -0.2) is 0 Å². The van der Waals surface area contributed by atoms with Crippen molar-refractivity contribution in [2.75, 3.05) is 0 Å². The van der Waals surface area contributed by atoms with Gasteiger partial charge in [0.25, 0.3) is 0 Å². The van der Waals surface area contributed by atoms with Crippen LogP contribution in [0, 0.1) is 51.9 Å². The van der Waals surface area contributed by atoms with E-state index in [0.29, 0.717) is 23.3 Å². The van der Waals surface area contributed by atoms with Crippen LogP contribution in [0.4, 0.5) is 0 Å². The van der Waals surface area contributed by atoms with E-state index in [1.54, 1.807) is 10.4 Å². The molecule has 0 radical (unpaired) electrons. The summed E-state index contributed by atoms with van der Waals surface area (Å²) >= 11 is 0. The molecule has 0 aliphatic heterocycles. The second-order valence-corrected chi connectivity index (χ2v) is 13.7. The predicted molar refractivity (Wildman–Crippen MR) is 125 cm³/mol. The number of hydrogen-bond donors (Lipinski definition) is 0. The summed E-state index contributed by atoms with van der Waals surface area (Å²) in [7, 11) is -1.98. The standard InChI is InChI=1S/C27H33Si.3ClH.Ti/c1-18-11-19(2)14-24(13-18)28(6,25-15-20(3)12-21(4)16-25)27-22(5)17-23-9-7-8-10-26(23)27;;;;/h7-17,22-23,26-27H,1-6H3;3*1H;/q-1;;;;+4/p-3. The largest absolute Gasteiger partial charge is 4.00 e. The fraction of sp³-hybridized carbons (Fsp3) is 0.370. The van der Waals surface area contributed by atoms with Crippen LogP contribution in [0.1, 0.15) is 29.2 Å². The molecule has 170 valence electrons. The first-order valence-electron chi connectivity index (χ1n) is 10.7. The average Bonchev–Trinajstić information content (AvgIpc) is 2.95. The van der Waals surface area contributed by atoms with Gasteiger partial charge in [-0.2, -0.15) is 5.92 Å². The molecule has 0 aromatic heterocycles. The Morgan fingerprint density at radius 2 is 1.09 bits per heavy atom. The van der Waals surface area contributed by atoms with Crippen molar-refractivity contribution in [2.45, 2.75) is 46.7 Å². The zero-order chi connectivity index (χ0) is 20.1. The molecule has 0 heterocycles. The summed E-state index contributed by atoms with van der Waals surface area (Å²) in [5, 5.41) is 3.20. The van der Waals surface area contributed by atoms with Gasteiger partial charge in [0.2, 0.25) is 0 Å². The van der Waals surface area contributed by atoms with Gasteiger partial charge in [-0.1, -0.05) is 106 Å². The van der Waals surface area contributed by atoms with E-state index in [-0.39, 0.29) is 58.9 Å². The minimum atomic E-state index is -1.98. The molecule has 0 nitrogen and oxygen atoms in total. The molecule has 1 saturated carbocycles. The van der Waals surface area contributed by atoms with Crippen LogP contribution in [-0.2, 0) is 21.7 Å². The van der Waals surface area contributed by atoms with Crippen LogP contribution in [0.25, 0.3) is 0 Å². The maximum atomic E-state index is 2.64. The van der Waals surface area contributed by atoms with Gasteiger partial charge in [0.15, 0.2) is 0 Å². The molecule has 5 heteroatoms. The Morgan fingerprint density at radius 1 is 0.688 bits per heavy atom. The van der Waals surface area contributed by atoms with Crippen LogP contribution in [0.2, 0.25) is 12.1 Å². The topological polar surface area (TPSA) is 0 Å². The van der Waals surface area contributed by atoms with E-state index in [4.69, 9.17) is 0 Å². The minimum absolute atomic E-state index is 0. The fourth-order valence-corrected chi connectivity index (χ4v) is 11.5. The van der Waals surface area contributed by atoms with E-state index in [9.17, 15) is 0 Å². The van der Waals surface area contributed by atoms with Gasteiger partial charge in [0.05, 0.1) is 0 Å². The van der Waals surface area contributed by atoms with Crippen LogP contribution in [0.5, 0.6) is 0 Å². The third kappa shape index (κ3) is 5.85. The molecule has 32 heavy (non-hydrogen) atoms. The van der Waals surface area contributed by atoms with E-state index in [0.717, 1.165) is 0 Å². The summed E-state index contributed by atoms with van der Waals surface area (Å²) in [4.78, 5) is 0. The van der Waals surface area contributed by atoms with Gasteiger partial charge in [0, 0.05) is 0 Å². The van der Waals surface area contributed by atoms with Gasteiger partial charge in [-0.15, -0.1) is 12.0 Å². The first-order valence-corrected chi connectivity index (χ1v) is 13.2. The number of fused-ring (bicyclic) bond motifs is 1. The van der Waals surface area contributed by atoms with Crippen LogP contribution in [-0.4, -0.2) is 8.07 Å². The molecule has 2 aromatic rings. The second kappa shape index (κ2) is 12.4. The molecular formula is C27H33Cl3SiTi. The number of rotatable bonds is 3. The summed E-state index contributed by atoms with van der Waals surface area (Å²) in [6.45, 7) is 14.1. The van der Waals surface area contributed by atoms with Crippen molar-refractivity contribution in [3.63, 3.8) is 0 Å². The Balaban J connectivity index is 0.00000240. The van der Waals surface area contributed by atoms with Crippen LogP contribution < -0.4 is 47.6 Å². The molecule has 4 atom stereocenters. The molecule has 4 rings (SSSR count). The molecule has 2 aliphatic carbocycles. The van der Waals surface area contributed by atoms with E-state index in [1.165, 1.54) is 22.3 Å². The zero-order valence-electron chi connectivity index (χ0n) is 19.8. The van der Waals surface area contributed by atoms with E-state index in [1.807, 2.05) is 0 Å².